The van der Waals surface area contributed by atoms with E-state index in [2.05, 4.69) is 9.88 Å². The van der Waals surface area contributed by atoms with Crippen LogP contribution in [0.5, 0.6) is 5.88 Å². The molecule has 3 rings (SSSR count). The summed E-state index contributed by atoms with van der Waals surface area (Å²) < 4.78 is 10.9. The molecule has 2 aromatic rings. The summed E-state index contributed by atoms with van der Waals surface area (Å²) in [5.74, 6) is 1.57. The molecule has 7 heteroatoms. The zero-order chi connectivity index (χ0) is 19.6. The highest BCUT2D eigenvalue weighted by Crippen LogP contribution is 2.28. The molecule has 1 amide bonds. The standard InChI is InChI=1S/C20H28N4O3/c1-20(2,3)27-19(25)24-11-10-14(13-24)12-23(4)17-18(26-5)22-16-9-7-6-8-15(16)21-17/h6-9,14H,10-13H2,1-5H3/t14-/m0/s1. The number of methoxy groups -OCH3 is 1. The van der Waals surface area contributed by atoms with Crippen molar-refractivity contribution >= 4 is 22.9 Å². The summed E-state index contributed by atoms with van der Waals surface area (Å²) in [4.78, 5) is 25.4. The summed E-state index contributed by atoms with van der Waals surface area (Å²) in [7, 11) is 3.59. The highest BCUT2D eigenvalue weighted by Gasteiger charge is 2.31. The van der Waals surface area contributed by atoms with E-state index in [0.29, 0.717) is 30.7 Å². The summed E-state index contributed by atoms with van der Waals surface area (Å²) >= 11 is 0. The second kappa shape index (κ2) is 7.58. The normalized spacial score (nSPS) is 17.2. The van der Waals surface area contributed by atoms with Crippen LogP contribution in [0.1, 0.15) is 27.2 Å². The molecule has 0 radical (unpaired) electrons. The van der Waals surface area contributed by atoms with Crippen LogP contribution in [0, 0.1) is 5.92 Å². The third kappa shape index (κ3) is 4.59. The Bertz CT molecular complexity index is 818. The number of anilines is 1. The Hall–Kier alpha value is -2.57. The van der Waals surface area contributed by atoms with Crippen LogP contribution >= 0.6 is 0 Å². The van der Waals surface area contributed by atoms with Crippen LogP contribution in [-0.4, -0.2) is 60.4 Å². The van der Waals surface area contributed by atoms with E-state index in [1.807, 2.05) is 52.1 Å². The van der Waals surface area contributed by atoms with Crippen molar-refractivity contribution in [3.63, 3.8) is 0 Å². The van der Waals surface area contributed by atoms with E-state index in [4.69, 9.17) is 14.5 Å². The van der Waals surface area contributed by atoms with Gasteiger partial charge in [0.25, 0.3) is 5.88 Å². The quantitative estimate of drug-likeness (QED) is 0.820. The Kier molecular flexibility index (Phi) is 5.39. The van der Waals surface area contributed by atoms with E-state index in [1.54, 1.807) is 12.0 Å². The number of carbonyl (C=O) groups is 1. The third-order valence-electron chi connectivity index (χ3n) is 4.55. The minimum atomic E-state index is -0.472. The van der Waals surface area contributed by atoms with E-state index < -0.39 is 5.60 Å². The van der Waals surface area contributed by atoms with E-state index in [0.717, 1.165) is 24.0 Å². The van der Waals surface area contributed by atoms with E-state index in [-0.39, 0.29) is 6.09 Å². The lowest BCUT2D eigenvalue weighted by atomic mass is 10.1. The average molecular weight is 372 g/mol. The largest absolute Gasteiger partial charge is 0.478 e. The van der Waals surface area contributed by atoms with Crippen LogP contribution in [0.2, 0.25) is 0 Å². The van der Waals surface area contributed by atoms with Gasteiger partial charge in [-0.05, 0) is 45.2 Å². The number of para-hydroxylation sites is 2. The van der Waals surface area contributed by atoms with Crippen molar-refractivity contribution in [2.45, 2.75) is 32.8 Å². The smallest absolute Gasteiger partial charge is 0.410 e. The Morgan fingerprint density at radius 1 is 1.26 bits per heavy atom. The number of fused-ring (bicyclic) bond motifs is 1. The first-order chi connectivity index (χ1) is 12.8. The predicted octanol–water partition coefficient (Wildman–Crippen LogP) is 3.33. The van der Waals surface area contributed by atoms with Crippen molar-refractivity contribution in [3.8, 4) is 5.88 Å². The first-order valence-electron chi connectivity index (χ1n) is 9.26. The van der Waals surface area contributed by atoms with Gasteiger partial charge in [0.15, 0.2) is 5.82 Å². The highest BCUT2D eigenvalue weighted by atomic mass is 16.6. The fraction of sp³-hybridized carbons (Fsp3) is 0.550. The molecule has 0 spiro atoms. The molecule has 0 unspecified atom stereocenters. The van der Waals surface area contributed by atoms with Crippen molar-refractivity contribution < 1.29 is 14.3 Å². The lowest BCUT2D eigenvalue weighted by Crippen LogP contribution is -2.36. The molecule has 146 valence electrons. The lowest BCUT2D eigenvalue weighted by molar-refractivity contribution is 0.0288. The maximum atomic E-state index is 12.3. The zero-order valence-corrected chi connectivity index (χ0v) is 16.7. The van der Waals surface area contributed by atoms with Crippen LogP contribution < -0.4 is 9.64 Å². The van der Waals surface area contributed by atoms with Gasteiger partial charge in [-0.2, -0.15) is 0 Å². The van der Waals surface area contributed by atoms with E-state index in [1.165, 1.54) is 0 Å². The molecule has 1 atom stereocenters. The van der Waals surface area contributed by atoms with Gasteiger partial charge in [0.2, 0.25) is 0 Å². The molecule has 1 aromatic heterocycles. The minimum absolute atomic E-state index is 0.240. The van der Waals surface area contributed by atoms with Gasteiger partial charge < -0.3 is 19.3 Å². The fourth-order valence-electron chi connectivity index (χ4n) is 3.31. The highest BCUT2D eigenvalue weighted by molar-refractivity contribution is 5.77. The molecule has 1 aliphatic heterocycles. The van der Waals surface area contributed by atoms with Crippen molar-refractivity contribution in [2.24, 2.45) is 5.92 Å². The number of carbonyl (C=O) groups excluding carboxylic acids is 1. The van der Waals surface area contributed by atoms with E-state index in [9.17, 15) is 4.79 Å². The minimum Gasteiger partial charge on any atom is -0.478 e. The third-order valence-corrected chi connectivity index (χ3v) is 4.55. The molecule has 2 heterocycles. The van der Waals surface area contributed by atoms with Gasteiger partial charge in [0.1, 0.15) is 5.60 Å². The van der Waals surface area contributed by atoms with Crippen LogP contribution in [0.15, 0.2) is 24.3 Å². The molecule has 1 fully saturated rings. The van der Waals surface area contributed by atoms with Gasteiger partial charge in [0, 0.05) is 26.7 Å². The van der Waals surface area contributed by atoms with Crippen LogP contribution in [0.3, 0.4) is 0 Å². The number of aromatic nitrogens is 2. The number of ether oxygens (including phenoxy) is 2. The van der Waals surface area contributed by atoms with Gasteiger partial charge in [-0.25, -0.2) is 14.8 Å². The Morgan fingerprint density at radius 3 is 2.56 bits per heavy atom. The van der Waals surface area contributed by atoms with Gasteiger partial charge in [-0.3, -0.25) is 0 Å². The Labute approximate surface area is 160 Å². The summed E-state index contributed by atoms with van der Waals surface area (Å²) in [6, 6.07) is 7.75. The molecule has 0 saturated carbocycles. The summed E-state index contributed by atoms with van der Waals surface area (Å²) in [6.07, 6.45) is 0.697. The summed E-state index contributed by atoms with van der Waals surface area (Å²) in [5.41, 5.74) is 1.17. The van der Waals surface area contributed by atoms with Gasteiger partial charge >= 0.3 is 6.09 Å². The lowest BCUT2D eigenvalue weighted by Gasteiger charge is -2.25. The van der Waals surface area contributed by atoms with Gasteiger partial charge in [0.05, 0.1) is 18.1 Å². The van der Waals surface area contributed by atoms with Crippen molar-refractivity contribution in [3.05, 3.63) is 24.3 Å². The van der Waals surface area contributed by atoms with Gasteiger partial charge in [-0.15, -0.1) is 0 Å². The first-order valence-corrected chi connectivity index (χ1v) is 9.26. The van der Waals surface area contributed by atoms with E-state index >= 15 is 0 Å². The summed E-state index contributed by atoms with van der Waals surface area (Å²) in [5, 5.41) is 0. The number of benzene rings is 1. The van der Waals surface area contributed by atoms with Crippen LogP contribution in [-0.2, 0) is 4.74 Å². The molecule has 0 bridgehead atoms. The SMILES string of the molecule is COc1nc2ccccc2nc1N(C)C[C@@H]1CCN(C(=O)OC(C)(C)C)C1. The molecule has 1 aliphatic rings. The molecular formula is C20H28N4O3. The molecule has 1 saturated heterocycles. The molecule has 7 nitrogen and oxygen atoms in total. The second-order valence-electron chi connectivity index (χ2n) is 8.01. The Balaban J connectivity index is 1.68. The maximum absolute atomic E-state index is 12.3. The number of rotatable bonds is 4. The number of likely N-dealkylation sites (tertiary alicyclic amines) is 1. The molecular weight excluding hydrogens is 344 g/mol. The molecule has 0 N–H and O–H groups in total. The first kappa shape index (κ1) is 19.2. The Morgan fingerprint density at radius 2 is 1.93 bits per heavy atom. The maximum Gasteiger partial charge on any atom is 0.410 e. The molecule has 0 aliphatic carbocycles. The zero-order valence-electron chi connectivity index (χ0n) is 16.7. The molecule has 27 heavy (non-hydrogen) atoms. The number of hydrogen-bond acceptors (Lipinski definition) is 6. The number of hydrogen-bond donors (Lipinski definition) is 0. The van der Waals surface area contributed by atoms with Crippen molar-refractivity contribution in [2.75, 3.05) is 38.7 Å². The average Bonchev–Trinajstić information content (AvgIpc) is 3.07. The van der Waals surface area contributed by atoms with Crippen LogP contribution in [0.4, 0.5) is 10.6 Å². The monoisotopic (exact) mass is 372 g/mol. The topological polar surface area (TPSA) is 67.8 Å². The number of amides is 1. The fourth-order valence-corrected chi connectivity index (χ4v) is 3.31. The predicted molar refractivity (Wildman–Crippen MR) is 105 cm³/mol. The second-order valence-corrected chi connectivity index (χ2v) is 8.01. The molecule has 1 aromatic carbocycles. The van der Waals surface area contributed by atoms with Crippen LogP contribution in [0.25, 0.3) is 11.0 Å². The van der Waals surface area contributed by atoms with Gasteiger partial charge in [-0.1, -0.05) is 12.1 Å². The van der Waals surface area contributed by atoms with Crippen molar-refractivity contribution in [1.82, 2.24) is 14.9 Å². The summed E-state index contributed by atoms with van der Waals surface area (Å²) in [6.45, 7) is 7.82. The van der Waals surface area contributed by atoms with Crippen molar-refractivity contribution in [1.29, 1.82) is 0 Å². The number of nitrogens with zero attached hydrogens (tertiary/aromatic N) is 4.